The van der Waals surface area contributed by atoms with Gasteiger partial charge in [0.2, 0.25) is 0 Å². The Morgan fingerprint density at radius 1 is 1.07 bits per heavy atom. The van der Waals surface area contributed by atoms with Gasteiger partial charge in [0.25, 0.3) is 0 Å². The van der Waals surface area contributed by atoms with Crippen molar-refractivity contribution in [3.8, 4) is 17.2 Å². The van der Waals surface area contributed by atoms with Gasteiger partial charge in [-0.1, -0.05) is 47.7 Å². The summed E-state index contributed by atoms with van der Waals surface area (Å²) in [5.74, 6) is 2.85. The fourth-order valence-corrected chi connectivity index (χ4v) is 6.05. The van der Waals surface area contributed by atoms with Crippen molar-refractivity contribution in [3.63, 3.8) is 0 Å². The molecule has 2 heterocycles. The normalized spacial score (nSPS) is 13.4. The van der Waals surface area contributed by atoms with Gasteiger partial charge in [-0.3, -0.25) is 0 Å². The van der Waals surface area contributed by atoms with Gasteiger partial charge in [-0.15, -0.1) is 0 Å². The number of aromatic nitrogens is 2. The number of ether oxygens (including phenoxy) is 3. The first-order valence-corrected chi connectivity index (χ1v) is 15.8. The number of anilines is 2. The largest absolute Gasteiger partial charge is 0.493 e. The lowest BCUT2D eigenvalue weighted by Crippen LogP contribution is -2.31. The first-order chi connectivity index (χ1) is 21.0. The van der Waals surface area contributed by atoms with Crippen molar-refractivity contribution in [2.75, 3.05) is 51.0 Å². The number of hydrogen-bond acceptors (Lipinski definition) is 9. The van der Waals surface area contributed by atoms with Crippen LogP contribution in [0.2, 0.25) is 5.02 Å². The van der Waals surface area contributed by atoms with Gasteiger partial charge in [0, 0.05) is 42.5 Å². The fraction of sp³-hybridized carbons (Fsp3) is 0.323. The molecule has 0 unspecified atom stereocenters. The second kappa shape index (κ2) is 15.4. The van der Waals surface area contributed by atoms with Gasteiger partial charge in [0.1, 0.15) is 34.6 Å². The van der Waals surface area contributed by atoms with E-state index in [0.717, 1.165) is 60.2 Å². The van der Waals surface area contributed by atoms with E-state index < -0.39 is 0 Å². The molecule has 3 aromatic carbocycles. The lowest BCUT2D eigenvalue weighted by molar-refractivity contribution is 0.296. The van der Waals surface area contributed by atoms with E-state index in [9.17, 15) is 4.39 Å². The van der Waals surface area contributed by atoms with Crippen LogP contribution in [0.15, 0.2) is 60.9 Å². The molecule has 1 aromatic heterocycles. The monoisotopic (exact) mass is 641 g/mol. The molecule has 0 spiro atoms. The number of rotatable bonds is 11. The number of halogens is 2. The minimum Gasteiger partial charge on any atom is -0.493 e. The smallest absolute Gasteiger partial charge is 0.162 e. The summed E-state index contributed by atoms with van der Waals surface area (Å²) in [7, 11) is 1.61. The van der Waals surface area contributed by atoms with Crippen LogP contribution in [0.25, 0.3) is 10.9 Å². The molecule has 0 atom stereocenters. The third-order valence-corrected chi connectivity index (χ3v) is 8.67. The zero-order valence-corrected chi connectivity index (χ0v) is 26.2. The molecule has 0 bridgehead atoms. The van der Waals surface area contributed by atoms with Crippen LogP contribution in [-0.2, 0) is 6.61 Å². The lowest BCUT2D eigenvalue weighted by atomic mass is 10.2. The van der Waals surface area contributed by atoms with E-state index in [-0.39, 0.29) is 12.4 Å². The van der Waals surface area contributed by atoms with E-state index in [1.165, 1.54) is 18.5 Å². The minimum atomic E-state index is -0.310. The van der Waals surface area contributed by atoms with Gasteiger partial charge in [0.05, 0.1) is 24.3 Å². The van der Waals surface area contributed by atoms with Crippen molar-refractivity contribution >= 4 is 62.3 Å². The van der Waals surface area contributed by atoms with Crippen LogP contribution in [0.4, 0.5) is 15.9 Å². The molecule has 1 saturated heterocycles. The number of thiocarbonyl (C=S) groups is 1. The van der Waals surface area contributed by atoms with Crippen LogP contribution in [0, 0.1) is 5.82 Å². The Labute approximate surface area is 265 Å². The van der Waals surface area contributed by atoms with Crippen LogP contribution in [0.3, 0.4) is 0 Å². The Hall–Kier alpha value is -3.38. The SMILES string of the molecule is COc1cc2ncnc(Nc3ccc(OCc4cccc(F)c4)c(Cl)c3)c2cc1OCCCSC(=S)N1CCCNCC1. The standard InChI is InChI=1S/C31H33ClFN5O3S2/c1-39-28-18-26-24(17-29(28)40-13-4-14-43-31(42)38-11-3-9-34-10-12-38)30(36-20-35-26)37-23-7-8-27(25(32)16-23)41-19-21-5-2-6-22(33)15-21/h2,5-8,15-18,20,34H,3-4,9-14,19H2,1H3,(H,35,36,37). The fourth-order valence-electron chi connectivity index (χ4n) is 4.58. The summed E-state index contributed by atoms with van der Waals surface area (Å²) in [5.41, 5.74) is 2.14. The molecule has 226 valence electrons. The third-order valence-electron chi connectivity index (χ3n) is 6.77. The zero-order valence-electron chi connectivity index (χ0n) is 23.8. The number of nitrogens with one attached hydrogen (secondary N) is 2. The highest BCUT2D eigenvalue weighted by molar-refractivity contribution is 8.22. The molecular weight excluding hydrogens is 609 g/mol. The molecule has 0 amide bonds. The molecular formula is C31H33ClFN5O3S2. The van der Waals surface area contributed by atoms with Crippen LogP contribution < -0.4 is 24.8 Å². The highest BCUT2D eigenvalue weighted by Crippen LogP contribution is 2.36. The number of nitrogens with zero attached hydrogens (tertiary/aromatic N) is 3. The number of thioether (sulfide) groups is 1. The van der Waals surface area contributed by atoms with E-state index in [1.807, 2.05) is 18.2 Å². The quantitative estimate of drug-likeness (QED) is 0.134. The Kier molecular flexibility index (Phi) is 11.1. The molecule has 1 fully saturated rings. The van der Waals surface area contributed by atoms with Crippen molar-refractivity contribution in [3.05, 3.63) is 77.3 Å². The molecule has 1 aliphatic rings. The zero-order chi connectivity index (χ0) is 30.0. The van der Waals surface area contributed by atoms with Crippen molar-refractivity contribution < 1.29 is 18.6 Å². The first-order valence-electron chi connectivity index (χ1n) is 14.0. The van der Waals surface area contributed by atoms with Gasteiger partial charge in [-0.05, 0) is 61.3 Å². The second-order valence-electron chi connectivity index (χ2n) is 9.84. The van der Waals surface area contributed by atoms with Gasteiger partial charge in [0.15, 0.2) is 11.5 Å². The molecule has 5 rings (SSSR count). The predicted molar refractivity (Wildman–Crippen MR) is 176 cm³/mol. The number of methoxy groups -OCH3 is 1. The topological polar surface area (TPSA) is 80.8 Å². The molecule has 4 aromatic rings. The van der Waals surface area contributed by atoms with Crippen LogP contribution >= 0.6 is 35.6 Å². The summed E-state index contributed by atoms with van der Waals surface area (Å²) in [5, 5.41) is 7.91. The van der Waals surface area contributed by atoms with Gasteiger partial charge < -0.3 is 29.7 Å². The summed E-state index contributed by atoms with van der Waals surface area (Å²) in [6, 6.07) is 15.3. The third kappa shape index (κ3) is 8.60. The maximum Gasteiger partial charge on any atom is 0.162 e. The number of fused-ring (bicyclic) bond motifs is 1. The molecule has 1 aliphatic heterocycles. The van der Waals surface area contributed by atoms with Gasteiger partial charge in [-0.25, -0.2) is 14.4 Å². The highest BCUT2D eigenvalue weighted by Gasteiger charge is 2.15. The molecule has 43 heavy (non-hydrogen) atoms. The molecule has 0 saturated carbocycles. The summed E-state index contributed by atoms with van der Waals surface area (Å²) in [6.07, 6.45) is 3.43. The van der Waals surface area contributed by atoms with E-state index in [4.69, 9.17) is 38.0 Å². The molecule has 0 aliphatic carbocycles. The Morgan fingerprint density at radius 3 is 2.81 bits per heavy atom. The van der Waals surface area contributed by atoms with Crippen LogP contribution in [0.1, 0.15) is 18.4 Å². The Bertz CT molecular complexity index is 1560. The van der Waals surface area contributed by atoms with E-state index in [2.05, 4.69) is 25.5 Å². The molecule has 8 nitrogen and oxygen atoms in total. The average molecular weight is 642 g/mol. The molecule has 12 heteroatoms. The van der Waals surface area contributed by atoms with E-state index >= 15 is 0 Å². The second-order valence-corrected chi connectivity index (χ2v) is 12.0. The number of benzene rings is 3. The summed E-state index contributed by atoms with van der Waals surface area (Å²) < 4.78 is 32.0. The van der Waals surface area contributed by atoms with E-state index in [1.54, 1.807) is 43.1 Å². The van der Waals surface area contributed by atoms with Gasteiger partial charge >= 0.3 is 0 Å². The van der Waals surface area contributed by atoms with Crippen molar-refractivity contribution in [2.45, 2.75) is 19.4 Å². The van der Waals surface area contributed by atoms with Crippen LogP contribution in [-0.4, -0.2) is 64.8 Å². The maximum atomic E-state index is 13.5. The molecule has 0 radical (unpaired) electrons. The predicted octanol–water partition coefficient (Wildman–Crippen LogP) is 6.84. The van der Waals surface area contributed by atoms with Crippen molar-refractivity contribution in [1.29, 1.82) is 0 Å². The Balaban J connectivity index is 1.21. The average Bonchev–Trinajstić information content (AvgIpc) is 3.30. The minimum absolute atomic E-state index is 0.201. The summed E-state index contributed by atoms with van der Waals surface area (Å²) in [6.45, 7) is 4.69. The lowest BCUT2D eigenvalue weighted by Gasteiger charge is -2.22. The Morgan fingerprint density at radius 2 is 1.98 bits per heavy atom. The maximum absolute atomic E-state index is 13.5. The van der Waals surface area contributed by atoms with Crippen LogP contribution in [0.5, 0.6) is 17.2 Å². The van der Waals surface area contributed by atoms with Crippen molar-refractivity contribution in [1.82, 2.24) is 20.2 Å². The van der Waals surface area contributed by atoms with Crippen molar-refractivity contribution in [2.24, 2.45) is 0 Å². The van der Waals surface area contributed by atoms with E-state index in [0.29, 0.717) is 45.8 Å². The summed E-state index contributed by atoms with van der Waals surface area (Å²) >= 11 is 13.8. The number of hydrogen-bond donors (Lipinski definition) is 2. The first kappa shape index (κ1) is 31.1. The molecule has 2 N–H and O–H groups in total. The van der Waals surface area contributed by atoms with Gasteiger partial charge in [-0.2, -0.15) is 0 Å². The highest BCUT2D eigenvalue weighted by atomic mass is 35.5. The summed E-state index contributed by atoms with van der Waals surface area (Å²) in [4.78, 5) is 11.2.